The van der Waals surface area contributed by atoms with Gasteiger partial charge in [-0.3, -0.25) is 0 Å². The number of nitrogens with zero attached hydrogens (tertiary/aromatic N) is 1. The van der Waals surface area contributed by atoms with Crippen molar-refractivity contribution < 1.29 is 0 Å². The van der Waals surface area contributed by atoms with Crippen LogP contribution in [-0.2, 0) is 0 Å². The fourth-order valence-corrected chi connectivity index (χ4v) is 3.88. The van der Waals surface area contributed by atoms with E-state index in [9.17, 15) is 0 Å². The van der Waals surface area contributed by atoms with E-state index in [1.807, 2.05) is 0 Å². The second-order valence-electron chi connectivity index (χ2n) is 6.46. The fraction of sp³-hybridized carbons (Fsp3) is 1.00. The topological polar surface area (TPSA) is 15.3 Å². The van der Waals surface area contributed by atoms with Gasteiger partial charge in [0.2, 0.25) is 0 Å². The molecular weight excluding hydrogens is 220 g/mol. The minimum atomic E-state index is 0.821. The molecule has 0 saturated heterocycles. The number of nitrogens with one attached hydrogen (secondary N) is 1. The SMILES string of the molecule is CCCNC1CCCC1CCN(C)C1CCCC1. The van der Waals surface area contributed by atoms with Crippen LogP contribution in [0.25, 0.3) is 0 Å². The highest BCUT2D eigenvalue weighted by atomic mass is 15.1. The third kappa shape index (κ3) is 3.96. The van der Waals surface area contributed by atoms with Crippen molar-refractivity contribution >= 4 is 0 Å². The van der Waals surface area contributed by atoms with Crippen LogP contribution in [0.2, 0.25) is 0 Å². The van der Waals surface area contributed by atoms with Gasteiger partial charge in [-0.25, -0.2) is 0 Å². The van der Waals surface area contributed by atoms with E-state index in [4.69, 9.17) is 0 Å². The van der Waals surface area contributed by atoms with Crippen molar-refractivity contribution in [2.45, 2.75) is 76.8 Å². The van der Waals surface area contributed by atoms with Gasteiger partial charge in [-0.05, 0) is 64.6 Å². The van der Waals surface area contributed by atoms with Gasteiger partial charge in [0.15, 0.2) is 0 Å². The van der Waals surface area contributed by atoms with E-state index < -0.39 is 0 Å². The van der Waals surface area contributed by atoms with E-state index in [2.05, 4.69) is 24.2 Å². The molecule has 1 N–H and O–H groups in total. The molecule has 0 aromatic carbocycles. The van der Waals surface area contributed by atoms with E-state index >= 15 is 0 Å². The summed E-state index contributed by atoms with van der Waals surface area (Å²) in [4.78, 5) is 2.64. The molecule has 0 aliphatic heterocycles. The second-order valence-corrected chi connectivity index (χ2v) is 6.46. The summed E-state index contributed by atoms with van der Waals surface area (Å²) in [5.74, 6) is 0.945. The maximum Gasteiger partial charge on any atom is 0.00958 e. The molecule has 0 heterocycles. The highest BCUT2D eigenvalue weighted by Crippen LogP contribution is 2.29. The van der Waals surface area contributed by atoms with Crippen molar-refractivity contribution in [2.75, 3.05) is 20.1 Å². The predicted molar refractivity (Wildman–Crippen MR) is 78.9 cm³/mol. The molecule has 2 saturated carbocycles. The van der Waals surface area contributed by atoms with Gasteiger partial charge in [0.05, 0.1) is 0 Å². The highest BCUT2D eigenvalue weighted by Gasteiger charge is 2.27. The minimum absolute atomic E-state index is 0.821. The van der Waals surface area contributed by atoms with Gasteiger partial charge in [0.25, 0.3) is 0 Å². The van der Waals surface area contributed by atoms with Crippen molar-refractivity contribution in [1.82, 2.24) is 10.2 Å². The Balaban J connectivity index is 1.68. The van der Waals surface area contributed by atoms with E-state index in [0.717, 1.165) is 18.0 Å². The summed E-state index contributed by atoms with van der Waals surface area (Å²) in [6, 6.07) is 1.72. The van der Waals surface area contributed by atoms with Crippen molar-refractivity contribution in [3.63, 3.8) is 0 Å². The summed E-state index contributed by atoms with van der Waals surface area (Å²) in [6.45, 7) is 4.80. The molecule has 2 rings (SSSR count). The lowest BCUT2D eigenvalue weighted by atomic mass is 9.98. The predicted octanol–water partition coefficient (Wildman–Crippen LogP) is 3.42. The molecule has 2 unspecified atom stereocenters. The van der Waals surface area contributed by atoms with Crippen LogP contribution in [0.3, 0.4) is 0 Å². The molecule has 18 heavy (non-hydrogen) atoms. The molecule has 2 fully saturated rings. The van der Waals surface area contributed by atoms with Crippen molar-refractivity contribution in [1.29, 1.82) is 0 Å². The smallest absolute Gasteiger partial charge is 0.00958 e. The van der Waals surface area contributed by atoms with Crippen LogP contribution in [0.4, 0.5) is 0 Å². The van der Waals surface area contributed by atoms with Crippen LogP contribution in [0.1, 0.15) is 64.7 Å². The molecule has 0 spiro atoms. The Kier molecular flexibility index (Phi) is 5.97. The fourth-order valence-electron chi connectivity index (χ4n) is 3.88. The molecule has 2 heteroatoms. The van der Waals surface area contributed by atoms with Crippen LogP contribution >= 0.6 is 0 Å². The van der Waals surface area contributed by atoms with Gasteiger partial charge >= 0.3 is 0 Å². The lowest BCUT2D eigenvalue weighted by Gasteiger charge is -2.27. The molecule has 0 aromatic heterocycles. The molecule has 2 nitrogen and oxygen atoms in total. The molecule has 2 aliphatic carbocycles. The zero-order chi connectivity index (χ0) is 12.8. The van der Waals surface area contributed by atoms with Crippen LogP contribution < -0.4 is 5.32 Å². The minimum Gasteiger partial charge on any atom is -0.314 e. The Hall–Kier alpha value is -0.0800. The first-order valence-electron chi connectivity index (χ1n) is 8.25. The third-order valence-electron chi connectivity index (χ3n) is 5.12. The Morgan fingerprint density at radius 1 is 1.06 bits per heavy atom. The summed E-state index contributed by atoms with van der Waals surface area (Å²) in [7, 11) is 2.35. The number of hydrogen-bond acceptors (Lipinski definition) is 2. The van der Waals surface area contributed by atoms with Gasteiger partial charge in [0.1, 0.15) is 0 Å². The second kappa shape index (κ2) is 7.49. The molecule has 0 radical (unpaired) electrons. The normalized spacial score (nSPS) is 29.5. The Morgan fingerprint density at radius 2 is 1.83 bits per heavy atom. The van der Waals surface area contributed by atoms with Gasteiger partial charge in [-0.15, -0.1) is 0 Å². The zero-order valence-corrected chi connectivity index (χ0v) is 12.5. The zero-order valence-electron chi connectivity index (χ0n) is 12.5. The Morgan fingerprint density at radius 3 is 2.56 bits per heavy atom. The van der Waals surface area contributed by atoms with Crippen LogP contribution in [0.5, 0.6) is 0 Å². The van der Waals surface area contributed by atoms with E-state index in [1.165, 1.54) is 70.9 Å². The summed E-state index contributed by atoms with van der Waals surface area (Å²) in [5, 5.41) is 3.76. The molecule has 0 bridgehead atoms. The highest BCUT2D eigenvalue weighted by molar-refractivity contribution is 4.84. The average Bonchev–Trinajstić information content (AvgIpc) is 3.04. The van der Waals surface area contributed by atoms with Crippen molar-refractivity contribution in [3.05, 3.63) is 0 Å². The van der Waals surface area contributed by atoms with Crippen molar-refractivity contribution in [2.24, 2.45) is 5.92 Å². The summed E-state index contributed by atoms with van der Waals surface area (Å²) >= 11 is 0. The third-order valence-corrected chi connectivity index (χ3v) is 5.12. The van der Waals surface area contributed by atoms with Crippen molar-refractivity contribution in [3.8, 4) is 0 Å². The quantitative estimate of drug-likeness (QED) is 0.747. The first-order chi connectivity index (χ1) is 8.81. The molecular formula is C16H32N2. The summed E-state index contributed by atoms with van der Waals surface area (Å²) in [5.41, 5.74) is 0. The Bertz CT molecular complexity index is 223. The van der Waals surface area contributed by atoms with E-state index in [-0.39, 0.29) is 0 Å². The van der Waals surface area contributed by atoms with Gasteiger partial charge in [0, 0.05) is 12.1 Å². The van der Waals surface area contributed by atoms with Crippen LogP contribution in [-0.4, -0.2) is 37.1 Å². The van der Waals surface area contributed by atoms with E-state index in [0.29, 0.717) is 0 Å². The molecule has 0 aromatic rings. The summed E-state index contributed by atoms with van der Waals surface area (Å²) < 4.78 is 0. The molecule has 0 amide bonds. The monoisotopic (exact) mass is 252 g/mol. The lowest BCUT2D eigenvalue weighted by molar-refractivity contribution is 0.219. The van der Waals surface area contributed by atoms with Gasteiger partial charge in [-0.1, -0.05) is 26.2 Å². The Labute approximate surface area is 114 Å². The summed E-state index contributed by atoms with van der Waals surface area (Å²) in [6.07, 6.45) is 12.8. The van der Waals surface area contributed by atoms with Gasteiger partial charge in [-0.2, -0.15) is 0 Å². The average molecular weight is 252 g/mol. The van der Waals surface area contributed by atoms with Gasteiger partial charge < -0.3 is 10.2 Å². The first-order valence-corrected chi connectivity index (χ1v) is 8.25. The molecule has 2 atom stereocenters. The maximum atomic E-state index is 3.76. The maximum absolute atomic E-state index is 3.76. The van der Waals surface area contributed by atoms with Crippen LogP contribution in [0.15, 0.2) is 0 Å². The lowest BCUT2D eigenvalue weighted by Crippen LogP contribution is -2.36. The van der Waals surface area contributed by atoms with Crippen LogP contribution in [0, 0.1) is 5.92 Å². The standard InChI is InChI=1S/C16H32N2/c1-3-12-17-16-10-6-7-14(16)11-13-18(2)15-8-4-5-9-15/h14-17H,3-13H2,1-2H3. The molecule has 2 aliphatic rings. The number of hydrogen-bond donors (Lipinski definition) is 1. The molecule has 106 valence electrons. The number of rotatable bonds is 7. The van der Waals surface area contributed by atoms with E-state index in [1.54, 1.807) is 0 Å². The largest absolute Gasteiger partial charge is 0.314 e. The first kappa shape index (κ1) is 14.3.